The van der Waals surface area contributed by atoms with Crippen LogP contribution in [-0.2, 0) is 10.2 Å². The summed E-state index contributed by atoms with van der Waals surface area (Å²) in [5.74, 6) is 0. The number of benzene rings is 1. The number of carbonyl (C=O) groups is 1. The molecule has 1 heteroatoms. The van der Waals surface area contributed by atoms with Gasteiger partial charge in [-0.25, -0.2) is 0 Å². The summed E-state index contributed by atoms with van der Waals surface area (Å²) >= 11 is 0. The fraction of sp³-hybridized carbons (Fsp3) is 0.308. The van der Waals surface area contributed by atoms with Crippen molar-refractivity contribution in [2.24, 2.45) is 0 Å². The van der Waals surface area contributed by atoms with Gasteiger partial charge in [-0.1, -0.05) is 35.9 Å². The molecular weight excluding hydrogens is 172 g/mol. The van der Waals surface area contributed by atoms with E-state index in [0.29, 0.717) is 6.42 Å². The highest BCUT2D eigenvalue weighted by molar-refractivity contribution is 5.68. The van der Waals surface area contributed by atoms with Crippen molar-refractivity contribution in [3.8, 4) is 0 Å². The molecule has 0 aliphatic heterocycles. The summed E-state index contributed by atoms with van der Waals surface area (Å²) in [5, 5.41) is 0. The van der Waals surface area contributed by atoms with Gasteiger partial charge in [0.15, 0.2) is 0 Å². The van der Waals surface area contributed by atoms with E-state index in [1.165, 1.54) is 0 Å². The molecule has 0 aliphatic rings. The molecule has 1 atom stereocenters. The average molecular weight is 188 g/mol. The Balaban J connectivity index is 3.01. The number of hydrogen-bond donors (Lipinski definition) is 0. The maximum atomic E-state index is 11.1. The molecular formula is C13H16O. The largest absolute Gasteiger partial charge is 0.302 e. The minimum absolute atomic E-state index is 0.424. The average Bonchev–Trinajstić information content (AvgIpc) is 2.18. The van der Waals surface area contributed by atoms with E-state index in [2.05, 4.69) is 6.58 Å². The number of hydrogen-bond acceptors (Lipinski definition) is 1. The van der Waals surface area contributed by atoms with Crippen LogP contribution in [0.3, 0.4) is 0 Å². The van der Waals surface area contributed by atoms with Gasteiger partial charge in [0.05, 0.1) is 5.41 Å². The van der Waals surface area contributed by atoms with E-state index in [0.717, 1.165) is 17.4 Å². The highest BCUT2D eigenvalue weighted by Crippen LogP contribution is 2.27. The predicted molar refractivity (Wildman–Crippen MR) is 59.3 cm³/mol. The predicted octanol–water partition coefficient (Wildman–Crippen LogP) is 3.11. The van der Waals surface area contributed by atoms with E-state index in [4.69, 9.17) is 0 Å². The van der Waals surface area contributed by atoms with Crippen molar-refractivity contribution in [2.75, 3.05) is 0 Å². The van der Waals surface area contributed by atoms with Crippen molar-refractivity contribution >= 4 is 6.29 Å². The lowest BCUT2D eigenvalue weighted by atomic mass is 9.79. The maximum absolute atomic E-state index is 11.1. The zero-order chi connectivity index (χ0) is 10.6. The number of aldehydes is 1. The van der Waals surface area contributed by atoms with Crippen LogP contribution in [0.15, 0.2) is 42.5 Å². The van der Waals surface area contributed by atoms with Crippen LogP contribution in [0.5, 0.6) is 0 Å². The highest BCUT2D eigenvalue weighted by atomic mass is 16.1. The van der Waals surface area contributed by atoms with E-state index in [1.54, 1.807) is 0 Å². The lowest BCUT2D eigenvalue weighted by molar-refractivity contribution is -0.112. The summed E-state index contributed by atoms with van der Waals surface area (Å²) in [6.07, 6.45) is 1.72. The molecule has 0 bridgehead atoms. The van der Waals surface area contributed by atoms with Crippen LogP contribution in [0.1, 0.15) is 25.8 Å². The lowest BCUT2D eigenvalue weighted by Crippen LogP contribution is -2.23. The van der Waals surface area contributed by atoms with Crippen LogP contribution in [-0.4, -0.2) is 6.29 Å². The van der Waals surface area contributed by atoms with E-state index >= 15 is 0 Å². The van der Waals surface area contributed by atoms with Gasteiger partial charge < -0.3 is 4.79 Å². The van der Waals surface area contributed by atoms with Crippen molar-refractivity contribution in [2.45, 2.75) is 25.7 Å². The highest BCUT2D eigenvalue weighted by Gasteiger charge is 2.25. The molecule has 1 aromatic carbocycles. The van der Waals surface area contributed by atoms with E-state index < -0.39 is 5.41 Å². The quantitative estimate of drug-likeness (QED) is 0.524. The molecule has 0 heterocycles. The van der Waals surface area contributed by atoms with Crippen molar-refractivity contribution in [1.29, 1.82) is 0 Å². The Labute approximate surface area is 85.5 Å². The monoisotopic (exact) mass is 188 g/mol. The molecule has 14 heavy (non-hydrogen) atoms. The van der Waals surface area contributed by atoms with Gasteiger partial charge in [0, 0.05) is 0 Å². The molecule has 0 saturated carbocycles. The van der Waals surface area contributed by atoms with Gasteiger partial charge in [0.25, 0.3) is 0 Å². The second kappa shape index (κ2) is 4.23. The van der Waals surface area contributed by atoms with Gasteiger partial charge in [-0.2, -0.15) is 0 Å². The molecule has 0 N–H and O–H groups in total. The minimum Gasteiger partial charge on any atom is -0.302 e. The van der Waals surface area contributed by atoms with Gasteiger partial charge in [0.1, 0.15) is 6.29 Å². The zero-order valence-corrected chi connectivity index (χ0v) is 8.79. The summed E-state index contributed by atoms with van der Waals surface area (Å²) in [4.78, 5) is 11.1. The Morgan fingerprint density at radius 3 is 2.43 bits per heavy atom. The van der Waals surface area contributed by atoms with E-state index in [-0.39, 0.29) is 0 Å². The Hall–Kier alpha value is -1.37. The third kappa shape index (κ3) is 2.32. The van der Waals surface area contributed by atoms with Crippen molar-refractivity contribution in [3.05, 3.63) is 48.0 Å². The minimum atomic E-state index is -0.424. The Bertz CT molecular complexity index is 326. The molecule has 0 saturated heterocycles. The molecule has 0 fully saturated rings. The third-order valence-electron chi connectivity index (χ3n) is 2.36. The van der Waals surface area contributed by atoms with Gasteiger partial charge in [-0.3, -0.25) is 0 Å². The first-order valence-electron chi connectivity index (χ1n) is 4.75. The standard InChI is InChI=1S/C13H16O/c1-11(2)9-13(3,10-14)12-7-5-4-6-8-12/h4-8,10H,1,9H2,2-3H3/t13-/m0/s1. The van der Waals surface area contributed by atoms with Crippen molar-refractivity contribution in [1.82, 2.24) is 0 Å². The van der Waals surface area contributed by atoms with Crippen LogP contribution >= 0.6 is 0 Å². The van der Waals surface area contributed by atoms with Crippen LogP contribution < -0.4 is 0 Å². The first-order valence-corrected chi connectivity index (χ1v) is 4.75. The van der Waals surface area contributed by atoms with Crippen LogP contribution in [0.4, 0.5) is 0 Å². The molecule has 1 rings (SSSR count). The Morgan fingerprint density at radius 2 is 2.00 bits per heavy atom. The van der Waals surface area contributed by atoms with Crippen LogP contribution in [0, 0.1) is 0 Å². The smallest absolute Gasteiger partial charge is 0.130 e. The Morgan fingerprint density at radius 1 is 1.43 bits per heavy atom. The molecule has 0 radical (unpaired) electrons. The molecule has 0 aromatic heterocycles. The molecule has 74 valence electrons. The summed E-state index contributed by atoms with van der Waals surface area (Å²) in [6.45, 7) is 7.75. The second-order valence-electron chi connectivity index (χ2n) is 4.04. The zero-order valence-electron chi connectivity index (χ0n) is 8.79. The first-order chi connectivity index (χ1) is 6.58. The van der Waals surface area contributed by atoms with E-state index in [9.17, 15) is 4.79 Å². The molecule has 0 aliphatic carbocycles. The fourth-order valence-corrected chi connectivity index (χ4v) is 1.66. The summed E-state index contributed by atoms with van der Waals surface area (Å²) in [6, 6.07) is 9.83. The third-order valence-corrected chi connectivity index (χ3v) is 2.36. The number of rotatable bonds is 4. The van der Waals surface area contributed by atoms with Crippen LogP contribution in [0.2, 0.25) is 0 Å². The van der Waals surface area contributed by atoms with Crippen molar-refractivity contribution in [3.63, 3.8) is 0 Å². The van der Waals surface area contributed by atoms with Gasteiger partial charge in [-0.15, -0.1) is 6.58 Å². The Kier molecular flexibility index (Phi) is 3.23. The van der Waals surface area contributed by atoms with Crippen molar-refractivity contribution < 1.29 is 4.79 Å². The van der Waals surface area contributed by atoms with Crippen LogP contribution in [0.25, 0.3) is 0 Å². The molecule has 1 nitrogen and oxygen atoms in total. The molecule has 0 amide bonds. The molecule has 1 aromatic rings. The fourth-order valence-electron chi connectivity index (χ4n) is 1.66. The summed E-state index contributed by atoms with van der Waals surface area (Å²) in [7, 11) is 0. The molecule has 0 unspecified atom stereocenters. The number of allylic oxidation sites excluding steroid dienone is 1. The topological polar surface area (TPSA) is 17.1 Å². The normalized spacial score (nSPS) is 14.4. The van der Waals surface area contributed by atoms with E-state index in [1.807, 2.05) is 44.2 Å². The summed E-state index contributed by atoms with van der Waals surface area (Å²) < 4.78 is 0. The lowest BCUT2D eigenvalue weighted by Gasteiger charge is -2.23. The van der Waals surface area contributed by atoms with Gasteiger partial charge in [-0.05, 0) is 25.8 Å². The SMILES string of the molecule is C=C(C)C[C@@](C)(C=O)c1ccccc1. The first kappa shape index (κ1) is 10.7. The number of carbonyl (C=O) groups excluding carboxylic acids is 1. The summed E-state index contributed by atoms with van der Waals surface area (Å²) in [5.41, 5.74) is 1.66. The maximum Gasteiger partial charge on any atom is 0.130 e. The molecule has 0 spiro atoms. The van der Waals surface area contributed by atoms with Gasteiger partial charge in [0.2, 0.25) is 0 Å². The van der Waals surface area contributed by atoms with Gasteiger partial charge >= 0.3 is 0 Å². The second-order valence-corrected chi connectivity index (χ2v) is 4.04.